The first-order valence-corrected chi connectivity index (χ1v) is 7.15. The molecule has 0 N–H and O–H groups in total. The second-order valence-corrected chi connectivity index (χ2v) is 7.51. The van der Waals surface area contributed by atoms with Crippen LogP contribution in [0.5, 0.6) is 0 Å². The van der Waals surface area contributed by atoms with Crippen molar-refractivity contribution in [2.75, 3.05) is 19.2 Å². The maximum absolute atomic E-state index is 5.49. The van der Waals surface area contributed by atoms with E-state index in [-0.39, 0.29) is 0 Å². The van der Waals surface area contributed by atoms with Crippen LogP contribution in [0.15, 0.2) is 30.3 Å². The highest BCUT2D eigenvalue weighted by atomic mass is 79.9. The van der Waals surface area contributed by atoms with E-state index in [1.165, 1.54) is 0 Å². The van der Waals surface area contributed by atoms with Crippen LogP contribution in [0.4, 0.5) is 0 Å². The van der Waals surface area contributed by atoms with Gasteiger partial charge in [-0.3, -0.25) is 0 Å². The van der Waals surface area contributed by atoms with Crippen LogP contribution in [0.2, 0.25) is 0 Å². The van der Waals surface area contributed by atoms with E-state index in [0.29, 0.717) is 0 Å². The molecule has 2 nitrogen and oxygen atoms in total. The molecule has 1 rings (SSSR count). The van der Waals surface area contributed by atoms with Gasteiger partial charge in [-0.1, -0.05) is 46.3 Å². The van der Waals surface area contributed by atoms with Crippen molar-refractivity contribution in [2.24, 2.45) is 0 Å². The molecule has 0 aromatic heterocycles. The lowest BCUT2D eigenvalue weighted by Crippen LogP contribution is -2.54. The average Bonchev–Trinajstić information content (AvgIpc) is 2.23. The quantitative estimate of drug-likeness (QED) is 0.605. The largest absolute Gasteiger partial charge is 0.394 e. The Morgan fingerprint density at radius 2 is 1.69 bits per heavy atom. The third-order valence-corrected chi connectivity index (χ3v) is 7.15. The Morgan fingerprint density at radius 3 is 2.08 bits per heavy atom. The molecule has 72 valence electrons. The molecule has 0 aliphatic rings. The molecule has 0 radical (unpaired) electrons. The normalized spacial score (nSPS) is 11.6. The molecule has 0 unspecified atom stereocenters. The first-order valence-electron chi connectivity index (χ1n) is 4.01. The summed E-state index contributed by atoms with van der Waals surface area (Å²) >= 11 is 3.44. The molecule has 0 bridgehead atoms. The third kappa shape index (κ3) is 2.20. The Labute approximate surface area is 88.2 Å². The standard InChI is InChI=1S/C9H13BrO2Si/c1-11-13(8-10,12-2)9-6-4-3-5-7-9/h3-7H,8H2,1-2H3. The van der Waals surface area contributed by atoms with E-state index >= 15 is 0 Å². The molecule has 0 saturated heterocycles. The van der Waals surface area contributed by atoms with Gasteiger partial charge in [0.15, 0.2) is 0 Å². The maximum Gasteiger partial charge on any atom is 0.382 e. The Hall–Kier alpha value is -0.163. The van der Waals surface area contributed by atoms with E-state index in [0.717, 1.165) is 10.1 Å². The second kappa shape index (κ2) is 4.90. The van der Waals surface area contributed by atoms with E-state index in [1.807, 2.05) is 30.3 Å². The molecule has 0 aliphatic carbocycles. The summed E-state index contributed by atoms with van der Waals surface area (Å²) in [5.41, 5.74) is 0. The van der Waals surface area contributed by atoms with Crippen molar-refractivity contribution in [1.82, 2.24) is 0 Å². The first kappa shape index (κ1) is 10.9. The van der Waals surface area contributed by atoms with Crippen LogP contribution in [0.25, 0.3) is 0 Å². The van der Waals surface area contributed by atoms with Gasteiger partial charge in [-0.15, -0.1) is 0 Å². The number of alkyl halides is 1. The van der Waals surface area contributed by atoms with Crippen molar-refractivity contribution >= 4 is 29.7 Å². The van der Waals surface area contributed by atoms with Gasteiger partial charge in [0.25, 0.3) is 0 Å². The van der Waals surface area contributed by atoms with Gasteiger partial charge in [-0.2, -0.15) is 0 Å². The zero-order chi connectivity index (χ0) is 9.73. The zero-order valence-electron chi connectivity index (χ0n) is 7.79. The number of halogens is 1. The lowest BCUT2D eigenvalue weighted by Gasteiger charge is -2.25. The lowest BCUT2D eigenvalue weighted by molar-refractivity contribution is 0.264. The van der Waals surface area contributed by atoms with Crippen molar-refractivity contribution in [3.8, 4) is 0 Å². The van der Waals surface area contributed by atoms with Gasteiger partial charge in [0.2, 0.25) is 0 Å². The minimum atomic E-state index is -2.18. The van der Waals surface area contributed by atoms with E-state index in [2.05, 4.69) is 15.9 Å². The molecule has 0 amide bonds. The number of hydrogen-bond acceptors (Lipinski definition) is 2. The highest BCUT2D eigenvalue weighted by Crippen LogP contribution is 2.08. The fraction of sp³-hybridized carbons (Fsp3) is 0.333. The van der Waals surface area contributed by atoms with Crippen LogP contribution in [0, 0.1) is 0 Å². The molecule has 0 heterocycles. The predicted molar refractivity (Wildman–Crippen MR) is 59.6 cm³/mol. The molecule has 4 heteroatoms. The molecule has 13 heavy (non-hydrogen) atoms. The molecule has 1 aromatic rings. The molecule has 0 spiro atoms. The fourth-order valence-electron chi connectivity index (χ4n) is 1.20. The minimum absolute atomic E-state index is 0.747. The number of rotatable bonds is 4. The SMILES string of the molecule is CO[Si](CBr)(OC)c1ccccc1. The molecule has 0 aliphatic heterocycles. The molecule has 1 aromatic carbocycles. The molecule has 0 atom stereocenters. The van der Waals surface area contributed by atoms with Gasteiger partial charge in [0.05, 0.1) is 4.95 Å². The molecule has 0 saturated carbocycles. The summed E-state index contributed by atoms with van der Waals surface area (Å²) in [5, 5.41) is 1.15. The van der Waals surface area contributed by atoms with Crippen molar-refractivity contribution < 1.29 is 8.85 Å². The summed E-state index contributed by atoms with van der Waals surface area (Å²) < 4.78 is 11.0. The average molecular weight is 261 g/mol. The maximum atomic E-state index is 5.49. The molecular weight excluding hydrogens is 248 g/mol. The Morgan fingerprint density at radius 1 is 1.15 bits per heavy atom. The van der Waals surface area contributed by atoms with Gasteiger partial charge >= 0.3 is 8.56 Å². The van der Waals surface area contributed by atoms with E-state index in [1.54, 1.807) is 14.2 Å². The van der Waals surface area contributed by atoms with Crippen LogP contribution in [0.3, 0.4) is 0 Å². The Bertz CT molecular complexity index is 241. The highest BCUT2D eigenvalue weighted by Gasteiger charge is 2.36. The van der Waals surface area contributed by atoms with Gasteiger partial charge < -0.3 is 8.85 Å². The van der Waals surface area contributed by atoms with Crippen molar-refractivity contribution in [2.45, 2.75) is 0 Å². The van der Waals surface area contributed by atoms with E-state index in [4.69, 9.17) is 8.85 Å². The van der Waals surface area contributed by atoms with Crippen LogP contribution in [0.1, 0.15) is 0 Å². The van der Waals surface area contributed by atoms with Crippen LogP contribution < -0.4 is 5.19 Å². The topological polar surface area (TPSA) is 18.5 Å². The summed E-state index contributed by atoms with van der Waals surface area (Å²) in [4.78, 5) is 0.747. The van der Waals surface area contributed by atoms with Crippen LogP contribution in [-0.4, -0.2) is 27.7 Å². The van der Waals surface area contributed by atoms with Crippen LogP contribution in [-0.2, 0) is 8.85 Å². The first-order chi connectivity index (χ1) is 6.29. The summed E-state index contributed by atoms with van der Waals surface area (Å²) in [7, 11) is 1.22. The smallest absolute Gasteiger partial charge is 0.382 e. The third-order valence-electron chi connectivity index (χ3n) is 2.05. The molecule has 0 fully saturated rings. The minimum Gasteiger partial charge on any atom is -0.394 e. The van der Waals surface area contributed by atoms with Crippen LogP contribution >= 0.6 is 15.9 Å². The summed E-state index contributed by atoms with van der Waals surface area (Å²) in [6.45, 7) is 0. The lowest BCUT2D eigenvalue weighted by atomic mass is 10.4. The van der Waals surface area contributed by atoms with E-state index < -0.39 is 8.56 Å². The molecular formula is C9H13BrO2Si. The highest BCUT2D eigenvalue weighted by molar-refractivity contribution is 9.09. The number of hydrogen-bond donors (Lipinski definition) is 0. The van der Waals surface area contributed by atoms with Gasteiger partial charge in [-0.05, 0) is 5.19 Å². The Balaban J connectivity index is 3.01. The second-order valence-electron chi connectivity index (χ2n) is 2.66. The van der Waals surface area contributed by atoms with Crippen molar-refractivity contribution in [3.63, 3.8) is 0 Å². The zero-order valence-corrected chi connectivity index (χ0v) is 10.4. The summed E-state index contributed by atoms with van der Waals surface area (Å²) in [5.74, 6) is 0. The predicted octanol–water partition coefficient (Wildman–Crippen LogP) is 1.56. The van der Waals surface area contributed by atoms with Gasteiger partial charge in [-0.25, -0.2) is 0 Å². The number of benzene rings is 1. The van der Waals surface area contributed by atoms with Gasteiger partial charge in [0.1, 0.15) is 0 Å². The van der Waals surface area contributed by atoms with E-state index in [9.17, 15) is 0 Å². The van der Waals surface area contributed by atoms with Crippen molar-refractivity contribution in [1.29, 1.82) is 0 Å². The summed E-state index contributed by atoms with van der Waals surface area (Å²) in [6.07, 6.45) is 0. The van der Waals surface area contributed by atoms with Crippen molar-refractivity contribution in [3.05, 3.63) is 30.3 Å². The monoisotopic (exact) mass is 260 g/mol. The Kier molecular flexibility index (Phi) is 4.12. The summed E-state index contributed by atoms with van der Waals surface area (Å²) in [6, 6.07) is 10.1. The fourth-order valence-corrected chi connectivity index (χ4v) is 5.25. The van der Waals surface area contributed by atoms with Gasteiger partial charge in [0, 0.05) is 14.2 Å².